The second-order valence-electron chi connectivity index (χ2n) is 7.92. The second-order valence-corrected chi connectivity index (χ2v) is 9.17. The first-order valence-corrected chi connectivity index (χ1v) is 11.6. The molecule has 0 bridgehead atoms. The molecule has 2 atom stereocenters. The van der Waals surface area contributed by atoms with Gasteiger partial charge in [0.25, 0.3) is 0 Å². The molecule has 162 valence electrons. The summed E-state index contributed by atoms with van der Waals surface area (Å²) >= 11 is 18.7. The molecule has 2 aliphatic heterocycles. The Morgan fingerprint density at radius 2 is 1.93 bits per heavy atom. The highest BCUT2D eigenvalue weighted by Crippen LogP contribution is 2.30. The van der Waals surface area contributed by atoms with Crippen LogP contribution < -0.4 is 15.5 Å². The molecule has 4 rings (SSSR count). The Labute approximate surface area is 192 Å². The minimum absolute atomic E-state index is 0.0781. The fourth-order valence-corrected chi connectivity index (χ4v) is 4.90. The molecule has 0 radical (unpaired) electrons. The first-order valence-electron chi connectivity index (χ1n) is 10.4. The molecule has 9 heteroatoms. The maximum absolute atomic E-state index is 6.38. The molecule has 1 aromatic heterocycles. The van der Waals surface area contributed by atoms with Crippen LogP contribution in [0.1, 0.15) is 31.4 Å². The van der Waals surface area contributed by atoms with Crippen LogP contribution in [-0.4, -0.2) is 60.2 Å². The Morgan fingerprint density at radius 1 is 1.13 bits per heavy atom. The van der Waals surface area contributed by atoms with Crippen molar-refractivity contribution in [2.45, 2.75) is 31.8 Å². The monoisotopic (exact) mass is 468 g/mol. The van der Waals surface area contributed by atoms with Crippen LogP contribution >= 0.6 is 34.8 Å². The lowest BCUT2D eigenvalue weighted by molar-refractivity contribution is 0.157. The predicted octanol–water partition coefficient (Wildman–Crippen LogP) is 4.48. The summed E-state index contributed by atoms with van der Waals surface area (Å²) < 4.78 is 0. The number of anilines is 2. The van der Waals surface area contributed by atoms with Crippen molar-refractivity contribution in [2.24, 2.45) is 0 Å². The van der Waals surface area contributed by atoms with Gasteiger partial charge in [-0.05, 0) is 44.0 Å². The molecule has 2 aliphatic rings. The van der Waals surface area contributed by atoms with E-state index >= 15 is 0 Å². The molecule has 2 saturated heterocycles. The molecule has 3 heterocycles. The molecule has 0 saturated carbocycles. The topological polar surface area (TPSA) is 56.3 Å². The summed E-state index contributed by atoms with van der Waals surface area (Å²) in [5.41, 5.74) is 0.937. The molecule has 0 aliphatic carbocycles. The lowest BCUT2D eigenvalue weighted by atomic mass is 10.1. The highest BCUT2D eigenvalue weighted by atomic mass is 35.5. The maximum atomic E-state index is 6.38. The van der Waals surface area contributed by atoms with E-state index in [0.717, 1.165) is 44.8 Å². The van der Waals surface area contributed by atoms with E-state index in [-0.39, 0.29) is 6.04 Å². The Kier molecular flexibility index (Phi) is 7.21. The SMILES string of the molecule is CC(Nc1nc(N2CCN(C3CCCNC3)CC2)ncc1Cl)c1ccc(Cl)cc1Cl. The van der Waals surface area contributed by atoms with Gasteiger partial charge >= 0.3 is 0 Å². The Morgan fingerprint density at radius 3 is 2.63 bits per heavy atom. The number of nitrogens with one attached hydrogen (secondary N) is 2. The fraction of sp³-hybridized carbons (Fsp3) is 0.524. The molecule has 6 nitrogen and oxygen atoms in total. The van der Waals surface area contributed by atoms with Gasteiger partial charge in [0.2, 0.25) is 5.95 Å². The molecule has 1 aromatic carbocycles. The van der Waals surface area contributed by atoms with Gasteiger partial charge in [0, 0.05) is 48.8 Å². The summed E-state index contributed by atoms with van der Waals surface area (Å²) in [6.07, 6.45) is 4.21. The summed E-state index contributed by atoms with van der Waals surface area (Å²) in [7, 11) is 0. The highest BCUT2D eigenvalue weighted by molar-refractivity contribution is 6.35. The third kappa shape index (κ3) is 5.11. The van der Waals surface area contributed by atoms with Gasteiger partial charge in [-0.1, -0.05) is 40.9 Å². The summed E-state index contributed by atoms with van der Waals surface area (Å²) in [6.45, 7) is 8.13. The van der Waals surface area contributed by atoms with Gasteiger partial charge in [0.05, 0.1) is 12.2 Å². The van der Waals surface area contributed by atoms with E-state index in [4.69, 9.17) is 39.8 Å². The van der Waals surface area contributed by atoms with E-state index in [1.165, 1.54) is 12.8 Å². The number of rotatable bonds is 5. The minimum atomic E-state index is -0.0781. The van der Waals surface area contributed by atoms with E-state index in [1.54, 1.807) is 12.3 Å². The van der Waals surface area contributed by atoms with Gasteiger partial charge in [-0.2, -0.15) is 4.98 Å². The van der Waals surface area contributed by atoms with Crippen LogP contribution in [0.25, 0.3) is 0 Å². The van der Waals surface area contributed by atoms with Gasteiger partial charge in [-0.25, -0.2) is 4.98 Å². The summed E-state index contributed by atoms with van der Waals surface area (Å²) in [5, 5.41) is 8.59. The molecular weight excluding hydrogens is 443 g/mol. The van der Waals surface area contributed by atoms with Crippen molar-refractivity contribution in [1.29, 1.82) is 0 Å². The average Bonchev–Trinajstić information content (AvgIpc) is 2.76. The average molecular weight is 470 g/mol. The molecule has 2 fully saturated rings. The number of halogens is 3. The quantitative estimate of drug-likeness (QED) is 0.673. The van der Waals surface area contributed by atoms with Crippen molar-refractivity contribution in [3.05, 3.63) is 45.0 Å². The number of aromatic nitrogens is 2. The zero-order chi connectivity index (χ0) is 21.1. The summed E-state index contributed by atoms with van der Waals surface area (Å²) in [5.74, 6) is 1.32. The van der Waals surface area contributed by atoms with E-state index in [1.807, 2.05) is 19.1 Å². The van der Waals surface area contributed by atoms with E-state index in [2.05, 4.69) is 25.4 Å². The summed E-state index contributed by atoms with van der Waals surface area (Å²) in [6, 6.07) is 6.05. The van der Waals surface area contributed by atoms with Crippen LogP contribution in [0, 0.1) is 0 Å². The molecule has 2 aromatic rings. The largest absolute Gasteiger partial charge is 0.362 e. The van der Waals surface area contributed by atoms with Crippen LogP contribution in [0.15, 0.2) is 24.4 Å². The molecule has 2 unspecified atom stereocenters. The number of benzene rings is 1. The first kappa shape index (κ1) is 21.9. The van der Waals surface area contributed by atoms with Crippen LogP contribution in [0.2, 0.25) is 15.1 Å². The molecule has 0 amide bonds. The van der Waals surface area contributed by atoms with Gasteiger partial charge < -0.3 is 15.5 Å². The molecule has 2 N–H and O–H groups in total. The van der Waals surface area contributed by atoms with Crippen molar-refractivity contribution in [2.75, 3.05) is 49.5 Å². The zero-order valence-corrected chi connectivity index (χ0v) is 19.3. The lowest BCUT2D eigenvalue weighted by Gasteiger charge is -2.40. The van der Waals surface area contributed by atoms with Gasteiger partial charge in [0.1, 0.15) is 5.02 Å². The summed E-state index contributed by atoms with van der Waals surface area (Å²) in [4.78, 5) is 14.0. The van der Waals surface area contributed by atoms with Gasteiger partial charge in [-0.15, -0.1) is 0 Å². The van der Waals surface area contributed by atoms with Crippen molar-refractivity contribution in [3.8, 4) is 0 Å². The normalized spacial score (nSPS) is 21.5. The standard InChI is InChI=1S/C21H27Cl3N6/c1-14(17-5-4-15(22)11-18(17)23)27-20-19(24)13-26-21(28-20)30-9-7-29(8-10-30)16-3-2-6-25-12-16/h4-5,11,13-14,16,25H,2-3,6-10,12H2,1H3,(H,26,27,28). The highest BCUT2D eigenvalue weighted by Gasteiger charge is 2.26. The second kappa shape index (κ2) is 9.88. The Balaban J connectivity index is 1.42. The number of nitrogens with zero attached hydrogens (tertiary/aromatic N) is 4. The third-order valence-electron chi connectivity index (χ3n) is 5.90. The van der Waals surface area contributed by atoms with Crippen molar-refractivity contribution in [3.63, 3.8) is 0 Å². The molecular formula is C21H27Cl3N6. The van der Waals surface area contributed by atoms with Crippen molar-refractivity contribution >= 4 is 46.6 Å². The van der Waals surface area contributed by atoms with Gasteiger partial charge in [-0.3, -0.25) is 4.90 Å². The number of piperidine rings is 1. The molecule has 30 heavy (non-hydrogen) atoms. The lowest BCUT2D eigenvalue weighted by Crippen LogP contribution is -2.54. The zero-order valence-electron chi connectivity index (χ0n) is 17.0. The molecule has 0 spiro atoms. The van der Waals surface area contributed by atoms with Crippen LogP contribution in [-0.2, 0) is 0 Å². The smallest absolute Gasteiger partial charge is 0.227 e. The minimum Gasteiger partial charge on any atom is -0.362 e. The number of hydrogen-bond donors (Lipinski definition) is 2. The fourth-order valence-electron chi connectivity index (χ4n) is 4.18. The first-order chi connectivity index (χ1) is 14.5. The third-order valence-corrected chi connectivity index (χ3v) is 6.74. The van der Waals surface area contributed by atoms with Gasteiger partial charge in [0.15, 0.2) is 5.82 Å². The van der Waals surface area contributed by atoms with E-state index in [9.17, 15) is 0 Å². The van der Waals surface area contributed by atoms with E-state index < -0.39 is 0 Å². The Hall–Kier alpha value is -1.31. The van der Waals surface area contributed by atoms with Crippen LogP contribution in [0.5, 0.6) is 0 Å². The van der Waals surface area contributed by atoms with Crippen LogP contribution in [0.3, 0.4) is 0 Å². The van der Waals surface area contributed by atoms with E-state index in [0.29, 0.717) is 32.9 Å². The number of hydrogen-bond acceptors (Lipinski definition) is 6. The van der Waals surface area contributed by atoms with Crippen molar-refractivity contribution in [1.82, 2.24) is 20.2 Å². The van der Waals surface area contributed by atoms with Crippen LogP contribution in [0.4, 0.5) is 11.8 Å². The predicted molar refractivity (Wildman–Crippen MR) is 125 cm³/mol. The van der Waals surface area contributed by atoms with Crippen molar-refractivity contribution < 1.29 is 0 Å². The Bertz CT molecular complexity index is 866. The number of piperazine rings is 1. The maximum Gasteiger partial charge on any atom is 0.227 e.